The van der Waals surface area contributed by atoms with Gasteiger partial charge in [0.05, 0.1) is 6.54 Å². The third kappa shape index (κ3) is 2.00. The molecular formula is C9H9N3O4. The van der Waals surface area contributed by atoms with E-state index in [2.05, 4.69) is 11.2 Å². The molecule has 0 radical (unpaired) electrons. The maximum atomic E-state index is 11.3. The van der Waals surface area contributed by atoms with E-state index in [9.17, 15) is 19.2 Å². The minimum absolute atomic E-state index is 0.00115. The zero-order valence-electron chi connectivity index (χ0n) is 8.52. The fraction of sp³-hybridized carbons (Fsp3) is 0.333. The van der Waals surface area contributed by atoms with Crippen molar-refractivity contribution in [3.63, 3.8) is 0 Å². The van der Waals surface area contributed by atoms with Crippen molar-refractivity contribution in [2.45, 2.75) is 0 Å². The zero-order chi connectivity index (χ0) is 12.3. The third-order valence-corrected chi connectivity index (χ3v) is 1.94. The van der Waals surface area contributed by atoms with Gasteiger partial charge in [0, 0.05) is 7.05 Å². The largest absolute Gasteiger partial charge is 0.344 e. The van der Waals surface area contributed by atoms with Gasteiger partial charge in [-0.05, 0) is 0 Å². The van der Waals surface area contributed by atoms with E-state index in [1.165, 1.54) is 7.05 Å². The fourth-order valence-electron chi connectivity index (χ4n) is 1.10. The van der Waals surface area contributed by atoms with E-state index < -0.39 is 30.3 Å². The molecule has 0 aromatic heterocycles. The highest BCUT2D eigenvalue weighted by molar-refractivity contribution is 6.44. The smallest absolute Gasteiger partial charge is 0.334 e. The van der Waals surface area contributed by atoms with Crippen LogP contribution in [0.15, 0.2) is 0 Å². The molecule has 0 spiro atoms. The van der Waals surface area contributed by atoms with Crippen molar-refractivity contribution < 1.29 is 19.2 Å². The molecule has 1 saturated heterocycles. The Morgan fingerprint density at radius 2 is 2.00 bits per heavy atom. The Morgan fingerprint density at radius 3 is 2.44 bits per heavy atom. The van der Waals surface area contributed by atoms with Crippen LogP contribution in [0.3, 0.4) is 0 Å². The van der Waals surface area contributed by atoms with E-state index in [1.54, 1.807) is 0 Å². The van der Waals surface area contributed by atoms with Gasteiger partial charge in [-0.1, -0.05) is 5.92 Å². The van der Waals surface area contributed by atoms with Gasteiger partial charge in [-0.2, -0.15) is 0 Å². The van der Waals surface area contributed by atoms with Crippen molar-refractivity contribution >= 4 is 23.8 Å². The van der Waals surface area contributed by atoms with Crippen molar-refractivity contribution in [3.05, 3.63) is 0 Å². The van der Waals surface area contributed by atoms with Gasteiger partial charge in [-0.15, -0.1) is 6.42 Å². The van der Waals surface area contributed by atoms with E-state index in [4.69, 9.17) is 6.42 Å². The Kier molecular flexibility index (Phi) is 3.25. The molecular weight excluding hydrogens is 214 g/mol. The van der Waals surface area contributed by atoms with E-state index in [1.807, 2.05) is 0 Å². The van der Waals surface area contributed by atoms with Crippen molar-refractivity contribution in [1.82, 2.24) is 15.1 Å². The number of carbonyl (C=O) groups excluding carboxylic acids is 4. The second kappa shape index (κ2) is 4.44. The van der Waals surface area contributed by atoms with Crippen LogP contribution >= 0.6 is 0 Å². The van der Waals surface area contributed by atoms with Crippen LogP contribution < -0.4 is 5.32 Å². The summed E-state index contributed by atoms with van der Waals surface area (Å²) in [7, 11) is 1.17. The summed E-state index contributed by atoms with van der Waals surface area (Å²) >= 11 is 0. The molecule has 0 saturated carbocycles. The number of amides is 5. The van der Waals surface area contributed by atoms with E-state index >= 15 is 0 Å². The first-order valence-corrected chi connectivity index (χ1v) is 4.32. The molecule has 7 nitrogen and oxygen atoms in total. The molecule has 0 atom stereocenters. The summed E-state index contributed by atoms with van der Waals surface area (Å²) in [5.41, 5.74) is 0. The summed E-state index contributed by atoms with van der Waals surface area (Å²) in [6, 6.07) is -0.814. The summed E-state index contributed by atoms with van der Waals surface area (Å²) in [5, 5.41) is 2.28. The van der Waals surface area contributed by atoms with Crippen LogP contribution in [0.5, 0.6) is 0 Å². The van der Waals surface area contributed by atoms with Crippen molar-refractivity contribution in [1.29, 1.82) is 0 Å². The molecule has 16 heavy (non-hydrogen) atoms. The first kappa shape index (κ1) is 11.7. The molecule has 1 heterocycles. The quantitative estimate of drug-likeness (QED) is 0.346. The minimum Gasteiger partial charge on any atom is -0.344 e. The number of carbonyl (C=O) groups is 4. The number of imide groups is 2. The second-order valence-corrected chi connectivity index (χ2v) is 3.02. The predicted molar refractivity (Wildman–Crippen MR) is 51.7 cm³/mol. The average Bonchev–Trinajstić information content (AvgIpc) is 2.44. The van der Waals surface area contributed by atoms with E-state index in [-0.39, 0.29) is 6.54 Å². The molecule has 1 N–H and O–H groups in total. The highest BCUT2D eigenvalue weighted by Crippen LogP contribution is 2.08. The summed E-state index contributed by atoms with van der Waals surface area (Å²) in [4.78, 5) is 46.0. The Labute approximate surface area is 91.4 Å². The lowest BCUT2D eigenvalue weighted by Crippen LogP contribution is -2.41. The van der Waals surface area contributed by atoms with Crippen molar-refractivity contribution in [2.75, 3.05) is 20.1 Å². The highest BCUT2D eigenvalue weighted by Gasteiger charge is 2.42. The van der Waals surface area contributed by atoms with Crippen molar-refractivity contribution in [3.8, 4) is 12.3 Å². The normalized spacial score (nSPS) is 15.4. The lowest BCUT2D eigenvalue weighted by Gasteiger charge is -2.11. The average molecular weight is 223 g/mol. The molecule has 5 amide bonds. The number of nitrogens with zero attached hydrogens (tertiary/aromatic N) is 2. The van der Waals surface area contributed by atoms with Crippen LogP contribution in [0.2, 0.25) is 0 Å². The standard InChI is InChI=1S/C9H9N3O4/c1-3-4-10-6(13)5-12-8(15)7(14)11(2)9(12)16/h1H,4-5H2,2H3,(H,10,13). The molecule has 7 heteroatoms. The van der Waals surface area contributed by atoms with Gasteiger partial charge in [0.25, 0.3) is 0 Å². The van der Waals surface area contributed by atoms with Gasteiger partial charge in [0.2, 0.25) is 5.91 Å². The zero-order valence-corrected chi connectivity index (χ0v) is 8.52. The van der Waals surface area contributed by atoms with E-state index in [0.717, 1.165) is 0 Å². The van der Waals surface area contributed by atoms with Crippen LogP contribution in [-0.2, 0) is 14.4 Å². The van der Waals surface area contributed by atoms with Crippen LogP contribution in [0.25, 0.3) is 0 Å². The number of nitrogens with one attached hydrogen (secondary N) is 1. The monoisotopic (exact) mass is 223 g/mol. The molecule has 0 aromatic rings. The maximum Gasteiger partial charge on any atom is 0.334 e. The molecule has 0 bridgehead atoms. The fourth-order valence-corrected chi connectivity index (χ4v) is 1.10. The lowest BCUT2D eigenvalue weighted by atomic mass is 10.4. The molecule has 1 aliphatic heterocycles. The second-order valence-electron chi connectivity index (χ2n) is 3.02. The number of likely N-dealkylation sites (N-methyl/N-ethyl adjacent to an activating group) is 1. The Morgan fingerprint density at radius 1 is 1.38 bits per heavy atom. The summed E-state index contributed by atoms with van der Waals surface area (Å²) in [6.07, 6.45) is 4.91. The number of hydrogen-bond acceptors (Lipinski definition) is 4. The molecule has 84 valence electrons. The van der Waals surface area contributed by atoms with Gasteiger partial charge in [0.1, 0.15) is 6.54 Å². The first-order valence-electron chi connectivity index (χ1n) is 4.32. The van der Waals surface area contributed by atoms with Crippen LogP contribution in [0, 0.1) is 12.3 Å². The van der Waals surface area contributed by atoms with Gasteiger partial charge >= 0.3 is 17.8 Å². The molecule has 0 unspecified atom stereocenters. The molecule has 1 aliphatic rings. The van der Waals surface area contributed by atoms with E-state index in [0.29, 0.717) is 9.80 Å². The molecule has 1 fully saturated rings. The SMILES string of the molecule is C#CCNC(=O)CN1C(=O)C(=O)N(C)C1=O. The Bertz CT molecular complexity index is 409. The summed E-state index contributed by atoms with van der Waals surface area (Å²) in [6.45, 7) is -0.506. The van der Waals surface area contributed by atoms with Crippen molar-refractivity contribution in [2.24, 2.45) is 0 Å². The van der Waals surface area contributed by atoms with Gasteiger partial charge in [-0.3, -0.25) is 19.3 Å². The first-order chi connectivity index (χ1) is 7.49. The minimum atomic E-state index is -1.01. The Balaban J connectivity index is 2.65. The number of hydrogen-bond donors (Lipinski definition) is 1. The molecule has 1 rings (SSSR count). The number of terminal acetylenes is 1. The maximum absolute atomic E-state index is 11.3. The van der Waals surface area contributed by atoms with Gasteiger partial charge < -0.3 is 5.32 Å². The molecule has 0 aromatic carbocycles. The summed E-state index contributed by atoms with van der Waals surface area (Å²) < 4.78 is 0. The third-order valence-electron chi connectivity index (χ3n) is 1.94. The lowest BCUT2D eigenvalue weighted by molar-refractivity contribution is -0.143. The Hall–Kier alpha value is -2.36. The predicted octanol–water partition coefficient (Wildman–Crippen LogP) is -1.84. The van der Waals surface area contributed by atoms with Crippen LogP contribution in [0.4, 0.5) is 4.79 Å². The van der Waals surface area contributed by atoms with Crippen LogP contribution in [-0.4, -0.2) is 53.7 Å². The topological polar surface area (TPSA) is 86.8 Å². The number of rotatable bonds is 3. The van der Waals surface area contributed by atoms with Gasteiger partial charge in [-0.25, -0.2) is 9.69 Å². The van der Waals surface area contributed by atoms with Crippen LogP contribution in [0.1, 0.15) is 0 Å². The van der Waals surface area contributed by atoms with Gasteiger partial charge in [0.15, 0.2) is 0 Å². The number of urea groups is 1. The summed E-state index contributed by atoms with van der Waals surface area (Å²) in [5.74, 6) is -0.389. The highest BCUT2D eigenvalue weighted by atomic mass is 16.2. The molecule has 0 aliphatic carbocycles.